The number of amides is 2. The van der Waals surface area contributed by atoms with E-state index in [4.69, 9.17) is 9.84 Å². The van der Waals surface area contributed by atoms with Crippen molar-refractivity contribution in [3.63, 3.8) is 0 Å². The first-order chi connectivity index (χ1) is 9.54. The largest absolute Gasteiger partial charge is 0.481 e. The Morgan fingerprint density at radius 3 is 2.55 bits per heavy atom. The second-order valence-corrected chi connectivity index (χ2v) is 5.13. The predicted octanol–water partition coefficient (Wildman–Crippen LogP) is 0.0708. The number of ether oxygens (including phenoxy) is 1. The fourth-order valence-corrected chi connectivity index (χ4v) is 2.15. The number of carboxylic acids is 1. The maximum absolute atomic E-state index is 11.9. The van der Waals surface area contributed by atoms with E-state index in [9.17, 15) is 9.59 Å². The Morgan fingerprint density at radius 1 is 1.35 bits per heavy atom. The number of hydrogen-bond acceptors (Lipinski definition) is 4. The third-order valence-corrected chi connectivity index (χ3v) is 3.58. The lowest BCUT2D eigenvalue weighted by atomic mass is 9.97. The van der Waals surface area contributed by atoms with Gasteiger partial charge in [0.2, 0.25) is 0 Å². The van der Waals surface area contributed by atoms with Crippen LogP contribution in [0.15, 0.2) is 0 Å². The maximum atomic E-state index is 11.9. The highest BCUT2D eigenvalue weighted by molar-refractivity contribution is 5.75. The van der Waals surface area contributed by atoms with E-state index in [-0.39, 0.29) is 11.9 Å². The molecule has 2 N–H and O–H groups in total. The van der Waals surface area contributed by atoms with Crippen molar-refractivity contribution in [2.24, 2.45) is 5.92 Å². The molecular weight excluding hydrogens is 262 g/mol. The average molecular weight is 287 g/mol. The molecule has 1 fully saturated rings. The Morgan fingerprint density at radius 2 is 2.00 bits per heavy atom. The van der Waals surface area contributed by atoms with Gasteiger partial charge in [0, 0.05) is 39.8 Å². The van der Waals surface area contributed by atoms with E-state index in [1.165, 1.54) is 0 Å². The number of hydrogen-bond donors (Lipinski definition) is 2. The van der Waals surface area contributed by atoms with Crippen LogP contribution in [0.25, 0.3) is 0 Å². The molecular formula is C13H25N3O4. The number of carbonyl (C=O) groups excluding carboxylic acids is 1. The van der Waals surface area contributed by atoms with Gasteiger partial charge in [0.25, 0.3) is 0 Å². The summed E-state index contributed by atoms with van der Waals surface area (Å²) < 4.78 is 4.98. The first-order valence-corrected chi connectivity index (χ1v) is 6.97. The Bertz CT molecular complexity index is 317. The molecule has 0 radical (unpaired) electrons. The summed E-state index contributed by atoms with van der Waals surface area (Å²) >= 11 is 0. The van der Waals surface area contributed by atoms with Gasteiger partial charge >= 0.3 is 12.0 Å². The number of likely N-dealkylation sites (tertiary alicyclic amines) is 1. The van der Waals surface area contributed by atoms with E-state index in [0.717, 1.165) is 13.1 Å². The van der Waals surface area contributed by atoms with Gasteiger partial charge in [0.15, 0.2) is 0 Å². The van der Waals surface area contributed by atoms with Gasteiger partial charge in [-0.1, -0.05) is 0 Å². The standard InChI is InChI=1S/C13H25N3O4/c1-15(9-10-20-2)8-5-14-13(19)16-6-3-11(4-7-16)12(17)18/h11H,3-10H2,1-2H3,(H,14,19)(H,17,18). The SMILES string of the molecule is COCCN(C)CCNC(=O)N1CCC(C(=O)O)CC1. The van der Waals surface area contributed by atoms with Gasteiger partial charge in [0.05, 0.1) is 12.5 Å². The van der Waals surface area contributed by atoms with Crippen LogP contribution in [0.3, 0.4) is 0 Å². The first kappa shape index (κ1) is 16.7. The summed E-state index contributed by atoms with van der Waals surface area (Å²) in [5.74, 6) is -1.07. The molecule has 0 aliphatic carbocycles. The molecule has 0 aromatic heterocycles. The summed E-state index contributed by atoms with van der Waals surface area (Å²) in [6.07, 6.45) is 1.08. The Labute approximate surface area is 119 Å². The van der Waals surface area contributed by atoms with Crippen molar-refractivity contribution in [1.29, 1.82) is 0 Å². The average Bonchev–Trinajstić information content (AvgIpc) is 2.45. The summed E-state index contributed by atoms with van der Waals surface area (Å²) in [5, 5.41) is 11.8. The molecule has 7 nitrogen and oxygen atoms in total. The van der Waals surface area contributed by atoms with Crippen LogP contribution in [0.5, 0.6) is 0 Å². The molecule has 0 aromatic rings. The van der Waals surface area contributed by atoms with E-state index < -0.39 is 5.97 Å². The zero-order chi connectivity index (χ0) is 15.0. The summed E-state index contributed by atoms with van der Waals surface area (Å²) in [4.78, 5) is 26.5. The molecule has 1 heterocycles. The zero-order valence-electron chi connectivity index (χ0n) is 12.3. The number of piperidine rings is 1. The van der Waals surface area contributed by atoms with E-state index in [0.29, 0.717) is 39.1 Å². The van der Waals surface area contributed by atoms with Crippen molar-refractivity contribution in [3.05, 3.63) is 0 Å². The van der Waals surface area contributed by atoms with Crippen LogP contribution in [0.2, 0.25) is 0 Å². The Kier molecular flexibility index (Phi) is 7.32. The Balaban J connectivity index is 2.16. The minimum atomic E-state index is -0.759. The molecule has 0 saturated carbocycles. The molecule has 1 saturated heterocycles. The maximum Gasteiger partial charge on any atom is 0.317 e. The quantitative estimate of drug-likeness (QED) is 0.692. The number of carboxylic acid groups (broad SMARTS) is 1. The van der Waals surface area contributed by atoms with Gasteiger partial charge in [-0.2, -0.15) is 0 Å². The van der Waals surface area contributed by atoms with Crippen LogP contribution in [0, 0.1) is 5.92 Å². The van der Waals surface area contributed by atoms with Crippen LogP contribution in [0.4, 0.5) is 4.79 Å². The van der Waals surface area contributed by atoms with Crippen molar-refractivity contribution in [1.82, 2.24) is 15.1 Å². The highest BCUT2D eigenvalue weighted by Crippen LogP contribution is 2.16. The van der Waals surface area contributed by atoms with Crippen molar-refractivity contribution in [2.75, 3.05) is 53.5 Å². The minimum Gasteiger partial charge on any atom is -0.481 e. The van der Waals surface area contributed by atoms with Crippen LogP contribution >= 0.6 is 0 Å². The van der Waals surface area contributed by atoms with E-state index in [1.807, 2.05) is 7.05 Å². The molecule has 116 valence electrons. The summed E-state index contributed by atoms with van der Waals surface area (Å²) in [7, 11) is 3.64. The summed E-state index contributed by atoms with van der Waals surface area (Å²) in [5.41, 5.74) is 0. The van der Waals surface area contributed by atoms with Crippen molar-refractivity contribution in [3.8, 4) is 0 Å². The van der Waals surface area contributed by atoms with Gasteiger partial charge in [0.1, 0.15) is 0 Å². The van der Waals surface area contributed by atoms with Crippen LogP contribution in [-0.2, 0) is 9.53 Å². The number of rotatable bonds is 7. The van der Waals surface area contributed by atoms with Gasteiger partial charge in [-0.05, 0) is 19.9 Å². The third-order valence-electron chi connectivity index (χ3n) is 3.58. The number of methoxy groups -OCH3 is 1. The number of likely N-dealkylation sites (N-methyl/N-ethyl adjacent to an activating group) is 1. The minimum absolute atomic E-state index is 0.103. The van der Waals surface area contributed by atoms with Crippen molar-refractivity contribution < 1.29 is 19.4 Å². The monoisotopic (exact) mass is 287 g/mol. The lowest BCUT2D eigenvalue weighted by molar-refractivity contribution is -0.143. The highest BCUT2D eigenvalue weighted by Gasteiger charge is 2.26. The van der Waals surface area contributed by atoms with Crippen LogP contribution in [0.1, 0.15) is 12.8 Å². The summed E-state index contributed by atoms with van der Waals surface area (Å²) in [6.45, 7) is 3.88. The number of carbonyl (C=O) groups is 2. The lowest BCUT2D eigenvalue weighted by Crippen LogP contribution is -2.47. The second kappa shape index (κ2) is 8.76. The molecule has 0 spiro atoms. The number of urea groups is 1. The molecule has 0 atom stereocenters. The number of nitrogens with one attached hydrogen (secondary N) is 1. The first-order valence-electron chi connectivity index (χ1n) is 6.97. The van der Waals surface area contributed by atoms with Gasteiger partial charge in [-0.15, -0.1) is 0 Å². The van der Waals surface area contributed by atoms with E-state index in [2.05, 4.69) is 10.2 Å². The summed E-state index contributed by atoms with van der Waals surface area (Å²) in [6, 6.07) is -0.103. The Hall–Kier alpha value is -1.34. The van der Waals surface area contributed by atoms with Crippen molar-refractivity contribution in [2.45, 2.75) is 12.8 Å². The fourth-order valence-electron chi connectivity index (χ4n) is 2.15. The topological polar surface area (TPSA) is 82.1 Å². The van der Waals surface area contributed by atoms with E-state index >= 15 is 0 Å². The molecule has 0 aromatic carbocycles. The van der Waals surface area contributed by atoms with Crippen LogP contribution < -0.4 is 5.32 Å². The van der Waals surface area contributed by atoms with Gasteiger partial charge in [-0.3, -0.25) is 4.79 Å². The number of aliphatic carboxylic acids is 1. The number of nitrogens with zero attached hydrogens (tertiary/aromatic N) is 2. The van der Waals surface area contributed by atoms with Crippen molar-refractivity contribution >= 4 is 12.0 Å². The van der Waals surface area contributed by atoms with E-state index in [1.54, 1.807) is 12.0 Å². The zero-order valence-corrected chi connectivity index (χ0v) is 12.3. The molecule has 1 aliphatic heterocycles. The third kappa shape index (κ3) is 5.75. The van der Waals surface area contributed by atoms with Crippen LogP contribution in [-0.4, -0.2) is 80.4 Å². The second-order valence-electron chi connectivity index (χ2n) is 5.13. The normalized spacial score (nSPS) is 16.4. The molecule has 20 heavy (non-hydrogen) atoms. The lowest BCUT2D eigenvalue weighted by Gasteiger charge is -2.30. The molecule has 2 amide bonds. The van der Waals surface area contributed by atoms with Gasteiger partial charge in [-0.25, -0.2) is 4.79 Å². The smallest absolute Gasteiger partial charge is 0.317 e. The molecule has 7 heteroatoms. The highest BCUT2D eigenvalue weighted by atomic mass is 16.5. The molecule has 0 bridgehead atoms. The fraction of sp³-hybridized carbons (Fsp3) is 0.846. The predicted molar refractivity (Wildman–Crippen MR) is 74.7 cm³/mol. The molecule has 1 aliphatic rings. The molecule has 1 rings (SSSR count). The van der Waals surface area contributed by atoms with Gasteiger partial charge < -0.3 is 25.0 Å². The molecule has 0 unspecified atom stereocenters.